The summed E-state index contributed by atoms with van der Waals surface area (Å²) in [4.78, 5) is 0. The van der Waals surface area contributed by atoms with Crippen LogP contribution >= 0.6 is 23.2 Å². The molecule has 0 bridgehead atoms. The summed E-state index contributed by atoms with van der Waals surface area (Å²) in [6.07, 6.45) is 0.969. The third-order valence-corrected chi connectivity index (χ3v) is 4.03. The molecule has 2 N–H and O–H groups in total. The molecule has 0 spiro atoms. The van der Waals surface area contributed by atoms with Crippen LogP contribution in [0.5, 0.6) is 5.75 Å². The first-order valence-electron chi connectivity index (χ1n) is 6.17. The minimum absolute atomic E-state index is 0.0743. The molecule has 0 fully saturated rings. The van der Waals surface area contributed by atoms with Gasteiger partial charge in [-0.3, -0.25) is 4.21 Å². The Kier molecular flexibility index (Phi) is 7.84. The second kappa shape index (κ2) is 8.85. The van der Waals surface area contributed by atoms with Gasteiger partial charge in [0.2, 0.25) is 0 Å². The van der Waals surface area contributed by atoms with E-state index in [1.54, 1.807) is 24.5 Å². The van der Waals surface area contributed by atoms with Crippen molar-refractivity contribution in [1.82, 2.24) is 5.32 Å². The smallest absolute Gasteiger partial charge is 0.139 e. The summed E-state index contributed by atoms with van der Waals surface area (Å²) in [7, 11) is -0.857. The highest BCUT2D eigenvalue weighted by Gasteiger charge is 2.10. The van der Waals surface area contributed by atoms with Crippen molar-refractivity contribution in [2.24, 2.45) is 0 Å². The molecule has 114 valence electrons. The van der Waals surface area contributed by atoms with Crippen molar-refractivity contribution in [3.63, 3.8) is 0 Å². The molecule has 0 radical (unpaired) electrons. The maximum absolute atomic E-state index is 11.0. The van der Waals surface area contributed by atoms with Crippen LogP contribution in [-0.4, -0.2) is 46.6 Å². The van der Waals surface area contributed by atoms with Gasteiger partial charge >= 0.3 is 0 Å². The molecule has 0 aliphatic heterocycles. The van der Waals surface area contributed by atoms with Crippen LogP contribution in [0.2, 0.25) is 10.0 Å². The molecule has 4 nitrogen and oxygen atoms in total. The molecule has 1 aromatic carbocycles. The zero-order valence-corrected chi connectivity index (χ0v) is 13.8. The molecule has 3 unspecified atom stereocenters. The van der Waals surface area contributed by atoms with Gasteiger partial charge in [-0.05, 0) is 19.1 Å². The normalized spacial score (nSPS) is 15.7. The van der Waals surface area contributed by atoms with E-state index in [1.165, 1.54) is 0 Å². The Morgan fingerprint density at radius 2 is 2.15 bits per heavy atom. The number of halogens is 2. The number of aliphatic hydroxyl groups excluding tert-OH is 1. The summed E-state index contributed by atoms with van der Waals surface area (Å²) in [6.45, 7) is 2.38. The molecular weight excluding hydrogens is 321 g/mol. The van der Waals surface area contributed by atoms with Gasteiger partial charge in [0.15, 0.2) is 0 Å². The van der Waals surface area contributed by atoms with Crippen molar-refractivity contribution in [2.45, 2.75) is 19.1 Å². The van der Waals surface area contributed by atoms with Crippen LogP contribution in [0.25, 0.3) is 0 Å². The fraction of sp³-hybridized carbons (Fsp3) is 0.538. The summed E-state index contributed by atoms with van der Waals surface area (Å²) in [6, 6.07) is 4.99. The highest BCUT2D eigenvalue weighted by molar-refractivity contribution is 7.84. The van der Waals surface area contributed by atoms with Gasteiger partial charge in [0.1, 0.15) is 18.5 Å². The predicted molar refractivity (Wildman–Crippen MR) is 84.4 cm³/mol. The number of ether oxygens (including phenoxy) is 1. The Morgan fingerprint density at radius 3 is 2.80 bits per heavy atom. The molecule has 0 aliphatic rings. The number of nitrogens with one attached hydrogen (secondary N) is 1. The van der Waals surface area contributed by atoms with Gasteiger partial charge in [-0.1, -0.05) is 23.2 Å². The van der Waals surface area contributed by atoms with Gasteiger partial charge in [-0.15, -0.1) is 0 Å². The number of hydrogen-bond donors (Lipinski definition) is 2. The van der Waals surface area contributed by atoms with E-state index in [0.717, 1.165) is 0 Å². The minimum atomic E-state index is -0.857. The van der Waals surface area contributed by atoms with Gasteiger partial charge < -0.3 is 15.2 Å². The summed E-state index contributed by atoms with van der Waals surface area (Å²) in [5, 5.41) is 13.9. The maximum atomic E-state index is 11.0. The average Bonchev–Trinajstić information content (AvgIpc) is 2.36. The van der Waals surface area contributed by atoms with Crippen LogP contribution in [0.15, 0.2) is 18.2 Å². The van der Waals surface area contributed by atoms with E-state index < -0.39 is 16.9 Å². The lowest BCUT2D eigenvalue weighted by atomic mass is 10.3. The van der Waals surface area contributed by atoms with E-state index in [4.69, 9.17) is 27.9 Å². The average molecular weight is 340 g/mol. The topological polar surface area (TPSA) is 58.6 Å². The van der Waals surface area contributed by atoms with Crippen molar-refractivity contribution in [2.75, 3.05) is 25.2 Å². The highest BCUT2D eigenvalue weighted by Crippen LogP contribution is 2.27. The summed E-state index contributed by atoms with van der Waals surface area (Å²) < 4.78 is 16.5. The summed E-state index contributed by atoms with van der Waals surface area (Å²) in [5.41, 5.74) is 0. The molecule has 0 aromatic heterocycles. The van der Waals surface area contributed by atoms with Crippen molar-refractivity contribution in [3.05, 3.63) is 28.2 Å². The minimum Gasteiger partial charge on any atom is -0.489 e. The van der Waals surface area contributed by atoms with Gasteiger partial charge in [0, 0.05) is 46.5 Å². The van der Waals surface area contributed by atoms with Gasteiger partial charge in [0.25, 0.3) is 0 Å². The Labute approximate surface area is 131 Å². The number of hydrogen-bond acceptors (Lipinski definition) is 4. The Bertz CT molecular complexity index is 459. The predicted octanol–water partition coefficient (Wildman–Crippen LogP) is 2.09. The quantitative estimate of drug-likeness (QED) is 0.761. The Balaban J connectivity index is 2.34. The number of benzene rings is 1. The van der Waals surface area contributed by atoms with E-state index in [2.05, 4.69) is 5.32 Å². The fourth-order valence-electron chi connectivity index (χ4n) is 1.58. The van der Waals surface area contributed by atoms with E-state index in [9.17, 15) is 9.32 Å². The lowest BCUT2D eigenvalue weighted by Crippen LogP contribution is -2.39. The van der Waals surface area contributed by atoms with Gasteiger partial charge in [-0.2, -0.15) is 0 Å². The maximum Gasteiger partial charge on any atom is 0.139 e. The van der Waals surface area contributed by atoms with Gasteiger partial charge in [-0.25, -0.2) is 0 Å². The van der Waals surface area contributed by atoms with E-state index in [1.807, 2.05) is 6.92 Å². The summed E-state index contributed by atoms with van der Waals surface area (Å²) >= 11 is 11.8. The molecule has 0 aliphatic carbocycles. The van der Waals surface area contributed by atoms with E-state index >= 15 is 0 Å². The van der Waals surface area contributed by atoms with Crippen LogP contribution in [0, 0.1) is 0 Å². The van der Waals surface area contributed by atoms with Crippen LogP contribution in [-0.2, 0) is 10.8 Å². The lowest BCUT2D eigenvalue weighted by molar-refractivity contribution is 0.105. The molecule has 1 rings (SSSR count). The standard InChI is InChI=1S/C13H19Cl2NO3S/c1-9(8-20(2)18)16-6-11(17)7-19-13-5-10(14)3-4-12(13)15/h3-5,9,11,16-17H,6-8H2,1-2H3. The molecule has 7 heteroatoms. The van der Waals surface area contributed by atoms with Crippen molar-refractivity contribution >= 4 is 34.0 Å². The zero-order valence-electron chi connectivity index (χ0n) is 11.4. The van der Waals surface area contributed by atoms with Crippen molar-refractivity contribution < 1.29 is 14.1 Å². The molecule has 1 aromatic rings. The Hall–Kier alpha value is -0.330. The van der Waals surface area contributed by atoms with Gasteiger partial charge in [0.05, 0.1) is 5.02 Å². The molecule has 20 heavy (non-hydrogen) atoms. The second-order valence-corrected chi connectivity index (χ2v) is 6.91. The van der Waals surface area contributed by atoms with Crippen LogP contribution in [0.4, 0.5) is 0 Å². The fourth-order valence-corrected chi connectivity index (χ4v) is 2.74. The highest BCUT2D eigenvalue weighted by atomic mass is 35.5. The second-order valence-electron chi connectivity index (χ2n) is 4.59. The summed E-state index contributed by atoms with van der Waals surface area (Å²) in [5.74, 6) is 0.995. The SMILES string of the molecule is CC(CS(C)=O)NCC(O)COc1cc(Cl)ccc1Cl. The third kappa shape index (κ3) is 6.90. The van der Waals surface area contributed by atoms with Crippen molar-refractivity contribution in [1.29, 1.82) is 0 Å². The third-order valence-electron chi connectivity index (χ3n) is 2.51. The largest absolute Gasteiger partial charge is 0.489 e. The zero-order chi connectivity index (χ0) is 15.1. The van der Waals surface area contributed by atoms with Crippen LogP contribution < -0.4 is 10.1 Å². The first kappa shape index (κ1) is 17.7. The first-order chi connectivity index (χ1) is 9.38. The number of rotatable bonds is 8. The number of aliphatic hydroxyl groups is 1. The van der Waals surface area contributed by atoms with E-state index in [-0.39, 0.29) is 12.6 Å². The molecule has 0 heterocycles. The molecule has 0 saturated carbocycles. The van der Waals surface area contributed by atoms with Crippen LogP contribution in [0.3, 0.4) is 0 Å². The van der Waals surface area contributed by atoms with Crippen molar-refractivity contribution in [3.8, 4) is 5.75 Å². The molecule has 0 amide bonds. The molecule has 0 saturated heterocycles. The van der Waals surface area contributed by atoms with E-state index in [0.29, 0.717) is 28.1 Å². The molecule has 3 atom stereocenters. The van der Waals surface area contributed by atoms with Crippen LogP contribution in [0.1, 0.15) is 6.92 Å². The lowest BCUT2D eigenvalue weighted by Gasteiger charge is -2.17. The monoisotopic (exact) mass is 339 g/mol. The molecular formula is C13H19Cl2NO3S. The first-order valence-corrected chi connectivity index (χ1v) is 8.66. The Morgan fingerprint density at radius 1 is 1.45 bits per heavy atom.